The topological polar surface area (TPSA) is 87.0 Å². The standard InChI is InChI=1S/C21H16N2O3S/c22-14-16-6-8-17(9-7-16)15-27(25,26)23-21(24)20-12-10-19(11-13-20)18-4-2-1-3-5-18/h1-13H,15H2,(H,23,24). The Morgan fingerprint density at radius 3 is 2.04 bits per heavy atom. The van der Waals surface area contributed by atoms with Crippen molar-refractivity contribution in [2.45, 2.75) is 5.75 Å². The fourth-order valence-electron chi connectivity index (χ4n) is 2.58. The number of nitriles is 1. The highest BCUT2D eigenvalue weighted by molar-refractivity contribution is 7.89. The van der Waals surface area contributed by atoms with Gasteiger partial charge in [0.05, 0.1) is 17.4 Å². The first-order chi connectivity index (χ1) is 13.0. The van der Waals surface area contributed by atoms with E-state index < -0.39 is 15.9 Å². The number of sulfonamides is 1. The van der Waals surface area contributed by atoms with Crippen molar-refractivity contribution in [3.8, 4) is 17.2 Å². The molecule has 0 heterocycles. The Labute approximate surface area is 158 Å². The third-order valence-electron chi connectivity index (χ3n) is 3.94. The first-order valence-electron chi connectivity index (χ1n) is 8.16. The van der Waals surface area contributed by atoms with Crippen LogP contribution in [0.1, 0.15) is 21.5 Å². The van der Waals surface area contributed by atoms with Gasteiger partial charge in [-0.05, 0) is 41.0 Å². The van der Waals surface area contributed by atoms with Crippen molar-refractivity contribution in [1.82, 2.24) is 4.72 Å². The van der Waals surface area contributed by atoms with Gasteiger partial charge in [-0.15, -0.1) is 0 Å². The first kappa shape index (κ1) is 18.4. The minimum absolute atomic E-state index is 0.262. The Balaban J connectivity index is 1.69. The maximum absolute atomic E-state index is 12.3. The Kier molecular flexibility index (Phi) is 5.34. The van der Waals surface area contributed by atoms with Gasteiger partial charge in [0.25, 0.3) is 5.91 Å². The molecule has 3 aromatic rings. The van der Waals surface area contributed by atoms with Gasteiger partial charge < -0.3 is 0 Å². The maximum atomic E-state index is 12.3. The Morgan fingerprint density at radius 1 is 0.852 bits per heavy atom. The van der Waals surface area contributed by atoms with Crippen LogP contribution in [0.25, 0.3) is 11.1 Å². The minimum Gasteiger partial charge on any atom is -0.268 e. The highest BCUT2D eigenvalue weighted by Gasteiger charge is 2.17. The molecule has 0 saturated carbocycles. The second-order valence-electron chi connectivity index (χ2n) is 5.94. The minimum atomic E-state index is -3.85. The van der Waals surface area contributed by atoms with Crippen molar-refractivity contribution >= 4 is 15.9 Å². The number of benzene rings is 3. The summed E-state index contributed by atoms with van der Waals surface area (Å²) in [7, 11) is -3.85. The van der Waals surface area contributed by atoms with Gasteiger partial charge in [-0.3, -0.25) is 4.79 Å². The Morgan fingerprint density at radius 2 is 1.44 bits per heavy atom. The Hall–Kier alpha value is -3.43. The third kappa shape index (κ3) is 4.81. The number of nitrogens with one attached hydrogen (secondary N) is 1. The van der Waals surface area contributed by atoms with Crippen LogP contribution in [0, 0.1) is 11.3 Å². The van der Waals surface area contributed by atoms with Crippen LogP contribution in [0.15, 0.2) is 78.9 Å². The number of rotatable bonds is 5. The van der Waals surface area contributed by atoms with E-state index in [0.717, 1.165) is 11.1 Å². The van der Waals surface area contributed by atoms with Crippen LogP contribution in [0.2, 0.25) is 0 Å². The molecule has 0 bridgehead atoms. The van der Waals surface area contributed by atoms with Gasteiger partial charge in [-0.1, -0.05) is 54.6 Å². The molecule has 0 aliphatic rings. The Bertz CT molecular complexity index is 1080. The zero-order valence-electron chi connectivity index (χ0n) is 14.3. The van der Waals surface area contributed by atoms with E-state index in [9.17, 15) is 13.2 Å². The summed E-state index contributed by atoms with van der Waals surface area (Å²) in [6.07, 6.45) is 0. The van der Waals surface area contributed by atoms with Gasteiger partial charge in [-0.2, -0.15) is 5.26 Å². The smallest absolute Gasteiger partial charge is 0.264 e. The molecule has 134 valence electrons. The fourth-order valence-corrected chi connectivity index (χ4v) is 3.68. The number of hydrogen-bond acceptors (Lipinski definition) is 4. The van der Waals surface area contributed by atoms with Crippen LogP contribution in [0.5, 0.6) is 0 Å². The molecule has 0 aliphatic carbocycles. The van der Waals surface area contributed by atoms with E-state index in [0.29, 0.717) is 11.1 Å². The van der Waals surface area contributed by atoms with E-state index in [1.54, 1.807) is 36.4 Å². The number of amides is 1. The van der Waals surface area contributed by atoms with E-state index in [1.165, 1.54) is 12.1 Å². The van der Waals surface area contributed by atoms with Crippen molar-refractivity contribution in [2.75, 3.05) is 0 Å². The summed E-state index contributed by atoms with van der Waals surface area (Å²) < 4.78 is 26.5. The molecule has 0 saturated heterocycles. The van der Waals surface area contributed by atoms with Crippen LogP contribution in [0.4, 0.5) is 0 Å². The molecule has 0 radical (unpaired) electrons. The molecule has 0 aliphatic heterocycles. The van der Waals surface area contributed by atoms with E-state index in [1.807, 2.05) is 36.4 Å². The normalized spacial score (nSPS) is 10.8. The van der Waals surface area contributed by atoms with Crippen molar-refractivity contribution in [2.24, 2.45) is 0 Å². The average Bonchev–Trinajstić information content (AvgIpc) is 2.68. The summed E-state index contributed by atoms with van der Waals surface area (Å²) in [6, 6.07) is 24.6. The molecule has 5 nitrogen and oxygen atoms in total. The monoisotopic (exact) mass is 376 g/mol. The molecular weight excluding hydrogens is 360 g/mol. The predicted molar refractivity (Wildman–Crippen MR) is 103 cm³/mol. The number of hydrogen-bond donors (Lipinski definition) is 1. The molecular formula is C21H16N2O3S. The van der Waals surface area contributed by atoms with Crippen molar-refractivity contribution in [3.05, 3.63) is 95.6 Å². The van der Waals surface area contributed by atoms with Gasteiger partial charge in [0.2, 0.25) is 10.0 Å². The zero-order chi connectivity index (χ0) is 19.3. The fraction of sp³-hybridized carbons (Fsp3) is 0.0476. The highest BCUT2D eigenvalue weighted by Crippen LogP contribution is 2.19. The lowest BCUT2D eigenvalue weighted by Crippen LogP contribution is -2.31. The van der Waals surface area contributed by atoms with Crippen molar-refractivity contribution < 1.29 is 13.2 Å². The van der Waals surface area contributed by atoms with E-state index in [4.69, 9.17) is 5.26 Å². The molecule has 1 amide bonds. The molecule has 0 fully saturated rings. The molecule has 0 unspecified atom stereocenters. The van der Waals surface area contributed by atoms with Crippen LogP contribution in [-0.2, 0) is 15.8 Å². The van der Waals surface area contributed by atoms with Crippen LogP contribution in [0.3, 0.4) is 0 Å². The van der Waals surface area contributed by atoms with Gasteiger partial charge in [0, 0.05) is 5.56 Å². The molecule has 0 aromatic heterocycles. The molecule has 3 rings (SSSR count). The summed E-state index contributed by atoms with van der Waals surface area (Å²) in [6.45, 7) is 0. The molecule has 0 spiro atoms. The first-order valence-corrected chi connectivity index (χ1v) is 9.81. The zero-order valence-corrected chi connectivity index (χ0v) is 15.1. The lowest BCUT2D eigenvalue weighted by atomic mass is 10.0. The number of carbonyl (C=O) groups excluding carboxylic acids is 1. The lowest BCUT2D eigenvalue weighted by molar-refractivity contribution is 0.0981. The quantitative estimate of drug-likeness (QED) is 0.738. The molecule has 6 heteroatoms. The van der Waals surface area contributed by atoms with Crippen LogP contribution in [-0.4, -0.2) is 14.3 Å². The molecule has 3 aromatic carbocycles. The van der Waals surface area contributed by atoms with Crippen molar-refractivity contribution in [1.29, 1.82) is 5.26 Å². The predicted octanol–water partition coefficient (Wildman–Crippen LogP) is 3.49. The lowest BCUT2D eigenvalue weighted by Gasteiger charge is -2.08. The van der Waals surface area contributed by atoms with Crippen LogP contribution >= 0.6 is 0 Å². The van der Waals surface area contributed by atoms with Gasteiger partial charge in [-0.25, -0.2) is 13.1 Å². The summed E-state index contributed by atoms with van der Waals surface area (Å²) in [4.78, 5) is 12.3. The van der Waals surface area contributed by atoms with E-state index >= 15 is 0 Å². The maximum Gasteiger partial charge on any atom is 0.264 e. The largest absolute Gasteiger partial charge is 0.268 e. The second kappa shape index (κ2) is 7.85. The number of nitrogens with zero attached hydrogens (tertiary/aromatic N) is 1. The average molecular weight is 376 g/mol. The van der Waals surface area contributed by atoms with Gasteiger partial charge >= 0.3 is 0 Å². The van der Waals surface area contributed by atoms with Gasteiger partial charge in [0.1, 0.15) is 0 Å². The summed E-state index contributed by atoms with van der Waals surface area (Å²) in [5.41, 5.74) is 3.15. The van der Waals surface area contributed by atoms with Gasteiger partial charge in [0.15, 0.2) is 0 Å². The number of carbonyl (C=O) groups is 1. The van der Waals surface area contributed by atoms with Crippen LogP contribution < -0.4 is 4.72 Å². The highest BCUT2D eigenvalue weighted by atomic mass is 32.2. The molecule has 0 atom stereocenters. The van der Waals surface area contributed by atoms with E-state index in [2.05, 4.69) is 4.72 Å². The SMILES string of the molecule is N#Cc1ccc(CS(=O)(=O)NC(=O)c2ccc(-c3ccccc3)cc2)cc1. The van der Waals surface area contributed by atoms with Crippen molar-refractivity contribution in [3.63, 3.8) is 0 Å². The summed E-state index contributed by atoms with van der Waals surface area (Å²) >= 11 is 0. The molecule has 1 N–H and O–H groups in total. The summed E-state index contributed by atoms with van der Waals surface area (Å²) in [5.74, 6) is -1.02. The molecule has 27 heavy (non-hydrogen) atoms. The summed E-state index contributed by atoms with van der Waals surface area (Å²) in [5, 5.41) is 8.77. The van der Waals surface area contributed by atoms with E-state index in [-0.39, 0.29) is 11.3 Å². The second-order valence-corrected chi connectivity index (χ2v) is 7.66. The third-order valence-corrected chi connectivity index (χ3v) is 5.15.